The average molecular weight is 351 g/mol. The number of hydrogen-bond acceptors (Lipinski definition) is 4. The minimum atomic E-state index is -0.440. The zero-order chi connectivity index (χ0) is 18.5. The van der Waals surface area contributed by atoms with Crippen molar-refractivity contribution in [1.29, 1.82) is 0 Å². The Morgan fingerprint density at radius 3 is 2.46 bits per heavy atom. The van der Waals surface area contributed by atoms with Crippen molar-refractivity contribution in [3.05, 3.63) is 78.1 Å². The van der Waals surface area contributed by atoms with Crippen LogP contribution in [0.5, 0.6) is 5.75 Å². The van der Waals surface area contributed by atoms with Crippen LogP contribution in [0.25, 0.3) is 0 Å². The van der Waals surface area contributed by atoms with Crippen LogP contribution in [0.3, 0.4) is 0 Å². The number of anilines is 4. The van der Waals surface area contributed by atoms with Gasteiger partial charge in [0.2, 0.25) is 0 Å². The van der Waals surface area contributed by atoms with Crippen LogP contribution >= 0.6 is 0 Å². The Labute approximate surface area is 150 Å². The van der Waals surface area contributed by atoms with Gasteiger partial charge in [0.05, 0.1) is 24.0 Å². The third-order valence-corrected chi connectivity index (χ3v) is 3.77. The molecule has 0 aliphatic heterocycles. The molecule has 3 rings (SSSR count). The predicted molar refractivity (Wildman–Crippen MR) is 101 cm³/mol. The molecule has 0 aromatic heterocycles. The van der Waals surface area contributed by atoms with Gasteiger partial charge < -0.3 is 21.1 Å². The van der Waals surface area contributed by atoms with Gasteiger partial charge in [-0.1, -0.05) is 12.1 Å². The summed E-state index contributed by atoms with van der Waals surface area (Å²) in [5.74, 6) is -0.527. The first-order valence-electron chi connectivity index (χ1n) is 7.93. The van der Waals surface area contributed by atoms with E-state index in [1.165, 1.54) is 25.3 Å². The lowest BCUT2D eigenvalue weighted by atomic mass is 10.1. The van der Waals surface area contributed by atoms with Crippen molar-refractivity contribution in [3.63, 3.8) is 0 Å². The summed E-state index contributed by atoms with van der Waals surface area (Å²) in [6, 6.07) is 18.2. The molecule has 26 heavy (non-hydrogen) atoms. The second kappa shape index (κ2) is 7.57. The minimum Gasteiger partial charge on any atom is -0.494 e. The molecule has 5 nitrogen and oxygen atoms in total. The number of hydrogen-bond donors (Lipinski definition) is 3. The van der Waals surface area contributed by atoms with E-state index >= 15 is 0 Å². The van der Waals surface area contributed by atoms with Crippen LogP contribution in [-0.4, -0.2) is 13.0 Å². The van der Waals surface area contributed by atoms with Crippen molar-refractivity contribution in [2.75, 3.05) is 23.5 Å². The van der Waals surface area contributed by atoms with E-state index in [9.17, 15) is 9.18 Å². The smallest absolute Gasteiger partial charge is 0.257 e. The topological polar surface area (TPSA) is 76.4 Å². The van der Waals surface area contributed by atoms with Crippen LogP contribution in [0.4, 0.5) is 27.1 Å². The molecule has 0 bridgehead atoms. The molecule has 132 valence electrons. The highest BCUT2D eigenvalue weighted by Crippen LogP contribution is 2.27. The number of nitrogen functional groups attached to an aromatic ring is 1. The molecule has 0 fully saturated rings. The van der Waals surface area contributed by atoms with Gasteiger partial charge in [0.25, 0.3) is 5.91 Å². The Bertz CT molecular complexity index is 927. The molecule has 0 saturated carbocycles. The molecule has 4 N–H and O–H groups in total. The van der Waals surface area contributed by atoms with Crippen LogP contribution in [-0.2, 0) is 0 Å². The van der Waals surface area contributed by atoms with Crippen molar-refractivity contribution in [2.45, 2.75) is 0 Å². The standard InChI is InChI=1S/C20H18FN3O2/c1-26-19-12-13(21)6-11-18(19)24-20(25)16-4-2-3-5-17(16)23-15-9-7-14(22)8-10-15/h2-12,23H,22H2,1H3,(H,24,25). The minimum absolute atomic E-state index is 0.252. The molecule has 0 atom stereocenters. The summed E-state index contributed by atoms with van der Waals surface area (Å²) in [5.41, 5.74) is 8.62. The summed E-state index contributed by atoms with van der Waals surface area (Å²) >= 11 is 0. The summed E-state index contributed by atoms with van der Waals surface area (Å²) < 4.78 is 18.4. The summed E-state index contributed by atoms with van der Waals surface area (Å²) in [4.78, 5) is 12.7. The Hall–Kier alpha value is -3.54. The highest BCUT2D eigenvalue weighted by molar-refractivity contribution is 6.09. The molecule has 3 aromatic rings. The molecule has 0 unspecified atom stereocenters. The molecular formula is C20H18FN3O2. The number of nitrogens with one attached hydrogen (secondary N) is 2. The van der Waals surface area contributed by atoms with Crippen LogP contribution in [0.1, 0.15) is 10.4 Å². The zero-order valence-corrected chi connectivity index (χ0v) is 14.1. The highest BCUT2D eigenvalue weighted by Gasteiger charge is 2.14. The molecule has 0 spiro atoms. The number of carbonyl (C=O) groups excluding carboxylic acids is 1. The van der Waals surface area contributed by atoms with Gasteiger partial charge in [-0.3, -0.25) is 4.79 Å². The summed E-state index contributed by atoms with van der Waals surface area (Å²) in [7, 11) is 1.42. The van der Waals surface area contributed by atoms with Crippen LogP contribution in [0.15, 0.2) is 66.7 Å². The summed E-state index contributed by atoms with van der Waals surface area (Å²) in [5, 5.41) is 5.95. The van der Waals surface area contributed by atoms with Gasteiger partial charge >= 0.3 is 0 Å². The van der Waals surface area contributed by atoms with Crippen molar-refractivity contribution in [3.8, 4) is 5.75 Å². The number of nitrogens with two attached hydrogens (primary N) is 1. The maximum atomic E-state index is 13.3. The van der Waals surface area contributed by atoms with E-state index in [4.69, 9.17) is 10.5 Å². The van der Waals surface area contributed by atoms with Crippen LogP contribution < -0.4 is 21.1 Å². The van der Waals surface area contributed by atoms with E-state index in [1.807, 2.05) is 18.2 Å². The van der Waals surface area contributed by atoms with Gasteiger partial charge in [0, 0.05) is 17.4 Å². The quantitative estimate of drug-likeness (QED) is 0.595. The average Bonchev–Trinajstić information content (AvgIpc) is 2.65. The zero-order valence-electron chi connectivity index (χ0n) is 14.1. The number of carbonyl (C=O) groups is 1. The van der Waals surface area contributed by atoms with Gasteiger partial charge in [0.1, 0.15) is 11.6 Å². The van der Waals surface area contributed by atoms with Crippen molar-refractivity contribution in [1.82, 2.24) is 0 Å². The van der Waals surface area contributed by atoms with Crippen molar-refractivity contribution in [2.24, 2.45) is 0 Å². The third kappa shape index (κ3) is 3.92. The van der Waals surface area contributed by atoms with E-state index in [2.05, 4.69) is 10.6 Å². The lowest BCUT2D eigenvalue weighted by molar-refractivity contribution is 0.102. The molecule has 0 aliphatic rings. The maximum Gasteiger partial charge on any atom is 0.257 e. The first kappa shape index (κ1) is 17.3. The van der Waals surface area contributed by atoms with Gasteiger partial charge in [0.15, 0.2) is 0 Å². The number of para-hydroxylation sites is 1. The SMILES string of the molecule is COc1cc(F)ccc1NC(=O)c1ccccc1Nc1ccc(N)cc1. The fourth-order valence-corrected chi connectivity index (χ4v) is 2.47. The van der Waals surface area contributed by atoms with E-state index in [0.717, 1.165) is 5.69 Å². The molecule has 0 saturated heterocycles. The number of amides is 1. The third-order valence-electron chi connectivity index (χ3n) is 3.77. The number of halogens is 1. The van der Waals surface area contributed by atoms with Crippen LogP contribution in [0, 0.1) is 5.82 Å². The van der Waals surface area contributed by atoms with E-state index in [1.54, 1.807) is 30.3 Å². The fourth-order valence-electron chi connectivity index (χ4n) is 2.47. The normalized spacial score (nSPS) is 10.2. The molecular weight excluding hydrogens is 333 g/mol. The molecule has 3 aromatic carbocycles. The Balaban J connectivity index is 1.85. The van der Waals surface area contributed by atoms with Gasteiger partial charge in [-0.2, -0.15) is 0 Å². The van der Waals surface area contributed by atoms with Gasteiger partial charge in [-0.25, -0.2) is 4.39 Å². The second-order valence-electron chi connectivity index (χ2n) is 5.59. The predicted octanol–water partition coefficient (Wildman–Crippen LogP) is 4.41. The number of methoxy groups -OCH3 is 1. The Morgan fingerprint density at radius 1 is 1.00 bits per heavy atom. The first-order chi connectivity index (χ1) is 12.6. The fraction of sp³-hybridized carbons (Fsp3) is 0.0500. The maximum absolute atomic E-state index is 13.3. The summed E-state index contributed by atoms with van der Waals surface area (Å²) in [6.07, 6.45) is 0. The summed E-state index contributed by atoms with van der Waals surface area (Å²) in [6.45, 7) is 0. The van der Waals surface area contributed by atoms with E-state index < -0.39 is 5.82 Å². The van der Waals surface area contributed by atoms with Crippen LogP contribution in [0.2, 0.25) is 0 Å². The number of benzene rings is 3. The van der Waals surface area contributed by atoms with Gasteiger partial charge in [-0.15, -0.1) is 0 Å². The first-order valence-corrected chi connectivity index (χ1v) is 7.93. The molecule has 0 aliphatic carbocycles. The Kier molecular flexibility index (Phi) is 5.03. The lowest BCUT2D eigenvalue weighted by Crippen LogP contribution is -2.14. The molecule has 6 heteroatoms. The molecule has 0 heterocycles. The second-order valence-corrected chi connectivity index (χ2v) is 5.59. The Morgan fingerprint density at radius 2 is 1.73 bits per heavy atom. The molecule has 0 radical (unpaired) electrons. The molecule has 1 amide bonds. The lowest BCUT2D eigenvalue weighted by Gasteiger charge is -2.14. The largest absolute Gasteiger partial charge is 0.494 e. The van der Waals surface area contributed by atoms with Crippen molar-refractivity contribution < 1.29 is 13.9 Å². The van der Waals surface area contributed by atoms with Gasteiger partial charge in [-0.05, 0) is 48.5 Å². The number of rotatable bonds is 5. The van der Waals surface area contributed by atoms with E-state index in [0.29, 0.717) is 22.6 Å². The van der Waals surface area contributed by atoms with Crippen molar-refractivity contribution >= 4 is 28.7 Å². The highest BCUT2D eigenvalue weighted by atomic mass is 19.1. The van der Waals surface area contributed by atoms with E-state index in [-0.39, 0.29) is 11.7 Å². The monoisotopic (exact) mass is 351 g/mol. The number of ether oxygens (including phenoxy) is 1.